The third-order valence-electron chi connectivity index (χ3n) is 7.37. The van der Waals surface area contributed by atoms with Gasteiger partial charge in [0.1, 0.15) is 24.2 Å². The van der Waals surface area contributed by atoms with Crippen molar-refractivity contribution in [1.82, 2.24) is 14.9 Å². The highest BCUT2D eigenvalue weighted by atomic mass is 19.1. The molecule has 0 radical (unpaired) electrons. The number of hydrogen-bond donors (Lipinski definition) is 3. The van der Waals surface area contributed by atoms with Gasteiger partial charge in [-0.25, -0.2) is 19.2 Å². The van der Waals surface area contributed by atoms with E-state index in [-0.39, 0.29) is 11.8 Å². The van der Waals surface area contributed by atoms with Gasteiger partial charge in [-0.05, 0) is 30.0 Å². The predicted molar refractivity (Wildman–Crippen MR) is 137 cm³/mol. The van der Waals surface area contributed by atoms with Crippen LogP contribution in [0.5, 0.6) is 5.88 Å². The van der Waals surface area contributed by atoms with Gasteiger partial charge in [0.15, 0.2) is 5.82 Å². The minimum absolute atomic E-state index is 0.0147. The predicted octanol–water partition coefficient (Wildman–Crippen LogP) is 3.54. The first-order chi connectivity index (χ1) is 18.0. The maximum Gasteiger partial charge on any atom is 0.413 e. The lowest BCUT2D eigenvalue weighted by atomic mass is 9.87. The number of carbonyl (C=O) groups is 1. The number of nitrogens with one attached hydrogen (secondary N) is 2. The van der Waals surface area contributed by atoms with E-state index in [4.69, 9.17) is 19.9 Å². The third kappa shape index (κ3) is 4.49. The molecule has 2 aromatic heterocycles. The molecule has 4 heterocycles. The Morgan fingerprint density at radius 2 is 2.00 bits per heavy atom. The molecule has 1 amide bonds. The number of carbonyl (C=O) groups excluding carboxylic acids is 1. The molecule has 1 aliphatic carbocycles. The Bertz CT molecular complexity index is 1360. The van der Waals surface area contributed by atoms with Crippen molar-refractivity contribution in [3.63, 3.8) is 0 Å². The van der Waals surface area contributed by atoms with Crippen molar-refractivity contribution >= 4 is 34.1 Å². The van der Waals surface area contributed by atoms with Crippen LogP contribution in [0, 0.1) is 12.7 Å². The summed E-state index contributed by atoms with van der Waals surface area (Å²) in [6, 6.07) is 3.79. The van der Waals surface area contributed by atoms with Crippen molar-refractivity contribution < 1.29 is 23.4 Å². The number of nitrogens with two attached hydrogens (primary N) is 1. The monoisotopic (exact) mass is 508 g/mol. The fraction of sp³-hybridized carbons (Fsp3) is 0.423. The average Bonchev–Trinajstić information content (AvgIpc) is 2.89. The Hall–Kier alpha value is -3.70. The van der Waals surface area contributed by atoms with Gasteiger partial charge in [0.05, 0.1) is 18.9 Å². The quantitative estimate of drug-likeness (QED) is 0.454. The van der Waals surface area contributed by atoms with Crippen LogP contribution in [0.15, 0.2) is 24.5 Å². The number of amides is 1. The van der Waals surface area contributed by atoms with Gasteiger partial charge in [0.2, 0.25) is 5.88 Å². The third-order valence-corrected chi connectivity index (χ3v) is 7.37. The van der Waals surface area contributed by atoms with Gasteiger partial charge in [0, 0.05) is 67.4 Å². The van der Waals surface area contributed by atoms with Crippen LogP contribution in [0.1, 0.15) is 18.4 Å². The second-order valence-electron chi connectivity index (χ2n) is 9.62. The summed E-state index contributed by atoms with van der Waals surface area (Å²) >= 11 is 0. The zero-order valence-electron chi connectivity index (χ0n) is 20.6. The van der Waals surface area contributed by atoms with Crippen LogP contribution in [0.3, 0.4) is 0 Å². The molecule has 37 heavy (non-hydrogen) atoms. The number of anilines is 3. The molecule has 0 spiro atoms. The topological polar surface area (TPSA) is 124 Å². The highest BCUT2D eigenvalue weighted by Crippen LogP contribution is 2.39. The van der Waals surface area contributed by atoms with E-state index in [2.05, 4.69) is 25.5 Å². The fourth-order valence-electron chi connectivity index (χ4n) is 5.21. The number of benzene rings is 1. The van der Waals surface area contributed by atoms with Crippen molar-refractivity contribution in [2.24, 2.45) is 0 Å². The van der Waals surface area contributed by atoms with Crippen LogP contribution in [0.2, 0.25) is 0 Å². The van der Waals surface area contributed by atoms with E-state index < -0.39 is 11.9 Å². The number of hydrogen-bond acceptors (Lipinski definition) is 9. The zero-order valence-corrected chi connectivity index (χ0v) is 20.6. The summed E-state index contributed by atoms with van der Waals surface area (Å²) in [5.74, 6) is 0.253. The summed E-state index contributed by atoms with van der Waals surface area (Å²) in [5.41, 5.74) is 8.62. The van der Waals surface area contributed by atoms with Crippen LogP contribution in [0.25, 0.3) is 21.9 Å². The summed E-state index contributed by atoms with van der Waals surface area (Å²) in [6.07, 6.45) is 3.98. The molecule has 6 rings (SSSR count). The van der Waals surface area contributed by atoms with Gasteiger partial charge in [-0.2, -0.15) is 0 Å². The molecule has 2 fully saturated rings. The number of nitrogen functional groups attached to an aromatic ring is 1. The minimum Gasteiger partial charge on any atom is -0.474 e. The molecule has 1 saturated carbocycles. The molecular weight excluding hydrogens is 479 g/mol. The van der Waals surface area contributed by atoms with Gasteiger partial charge >= 0.3 is 6.09 Å². The molecule has 1 saturated heterocycles. The number of rotatable bonds is 4. The molecule has 0 unspecified atom stereocenters. The molecule has 3 aliphatic rings. The van der Waals surface area contributed by atoms with Crippen LogP contribution in [0.4, 0.5) is 26.4 Å². The summed E-state index contributed by atoms with van der Waals surface area (Å²) in [5, 5.41) is 7.05. The molecule has 3 aromatic rings. The number of morpholine rings is 1. The van der Waals surface area contributed by atoms with E-state index in [1.165, 1.54) is 6.20 Å². The summed E-state index contributed by atoms with van der Waals surface area (Å²) in [6.45, 7) is 6.39. The van der Waals surface area contributed by atoms with Crippen LogP contribution >= 0.6 is 0 Å². The van der Waals surface area contributed by atoms with Crippen molar-refractivity contribution in [3.05, 3.63) is 35.9 Å². The van der Waals surface area contributed by atoms with Gasteiger partial charge in [-0.3, -0.25) is 10.2 Å². The second kappa shape index (κ2) is 9.64. The summed E-state index contributed by atoms with van der Waals surface area (Å²) in [7, 11) is 0. The van der Waals surface area contributed by atoms with E-state index in [0.717, 1.165) is 50.4 Å². The number of aromatic nitrogens is 2. The number of fused-ring (bicyclic) bond motifs is 2. The largest absolute Gasteiger partial charge is 0.474 e. The molecule has 11 heteroatoms. The standard InChI is InChI=1S/C26H29FN6O4/c1-14-19(12-31-25-24(14)29-2-5-36-25)18-8-15-9-21(30-13-20(15)23(28)22(18)27)32-26(34)37-17-10-16(11-17)33-3-6-35-7-4-33/h8-9,12-13,16-17,29H,2-7,10-11,28H2,1H3,(H,30,32,34)/t16-,17-. The first-order valence-corrected chi connectivity index (χ1v) is 12.5. The van der Waals surface area contributed by atoms with Gasteiger partial charge < -0.3 is 25.3 Å². The fourth-order valence-corrected chi connectivity index (χ4v) is 5.21. The summed E-state index contributed by atoms with van der Waals surface area (Å²) < 4.78 is 31.9. The number of ether oxygens (including phenoxy) is 3. The second-order valence-corrected chi connectivity index (χ2v) is 9.62. The van der Waals surface area contributed by atoms with Crippen molar-refractivity contribution in [3.8, 4) is 17.0 Å². The first-order valence-electron chi connectivity index (χ1n) is 12.5. The lowest BCUT2D eigenvalue weighted by Gasteiger charge is -2.43. The SMILES string of the molecule is Cc1c(-c2cc3cc(NC(=O)O[C@H]4C[C@H](N5CCOCC5)C4)ncc3c(N)c2F)cnc2c1NCCO2. The normalized spacial score (nSPS) is 21.4. The smallest absolute Gasteiger partial charge is 0.413 e. The molecular formula is C26H29FN6O4. The molecule has 10 nitrogen and oxygen atoms in total. The van der Waals surface area contributed by atoms with Crippen LogP contribution in [-0.2, 0) is 9.47 Å². The van der Waals surface area contributed by atoms with E-state index in [9.17, 15) is 4.79 Å². The van der Waals surface area contributed by atoms with Crippen molar-refractivity contribution in [2.45, 2.75) is 31.9 Å². The Kier molecular flexibility index (Phi) is 6.17. The highest BCUT2D eigenvalue weighted by Gasteiger charge is 2.36. The van der Waals surface area contributed by atoms with Crippen LogP contribution in [-0.4, -0.2) is 72.6 Å². The lowest BCUT2D eigenvalue weighted by molar-refractivity contribution is -0.0477. The number of pyridine rings is 2. The van der Waals surface area contributed by atoms with Crippen molar-refractivity contribution in [2.75, 3.05) is 55.8 Å². The summed E-state index contributed by atoms with van der Waals surface area (Å²) in [4.78, 5) is 23.5. The van der Waals surface area contributed by atoms with E-state index in [0.29, 0.717) is 52.8 Å². The van der Waals surface area contributed by atoms with E-state index in [1.54, 1.807) is 18.3 Å². The lowest BCUT2D eigenvalue weighted by Crippen LogP contribution is -2.52. The van der Waals surface area contributed by atoms with Gasteiger partial charge in [0.25, 0.3) is 0 Å². The molecule has 194 valence electrons. The average molecular weight is 509 g/mol. The Morgan fingerprint density at radius 1 is 1.19 bits per heavy atom. The Balaban J connectivity index is 1.19. The first kappa shape index (κ1) is 23.7. The molecule has 2 aliphatic heterocycles. The number of halogens is 1. The maximum absolute atomic E-state index is 15.4. The zero-order chi connectivity index (χ0) is 25.5. The number of nitrogens with zero attached hydrogens (tertiary/aromatic N) is 3. The van der Waals surface area contributed by atoms with E-state index in [1.807, 2.05) is 6.92 Å². The van der Waals surface area contributed by atoms with Crippen molar-refractivity contribution in [1.29, 1.82) is 0 Å². The molecule has 4 N–H and O–H groups in total. The minimum atomic E-state index is -0.562. The highest BCUT2D eigenvalue weighted by molar-refractivity contribution is 5.99. The van der Waals surface area contributed by atoms with E-state index >= 15 is 4.39 Å². The van der Waals surface area contributed by atoms with Crippen LogP contribution < -0.4 is 21.1 Å². The Morgan fingerprint density at radius 3 is 2.81 bits per heavy atom. The van der Waals surface area contributed by atoms with Gasteiger partial charge in [-0.1, -0.05) is 0 Å². The molecule has 1 aromatic carbocycles. The Labute approximate surface area is 213 Å². The van der Waals surface area contributed by atoms with Gasteiger partial charge in [-0.15, -0.1) is 0 Å². The molecule has 0 atom stereocenters. The molecule has 0 bridgehead atoms. The maximum atomic E-state index is 15.4.